The number of aromatic nitrogens is 2. The molecule has 2 aromatic rings. The number of methoxy groups -OCH3 is 1. The standard InChI is InChI=1S/C16H22BrN3O/c1-5-8-18-15(16-13(17)10-19-20(16)3)12-7-6-11(2)14(9-12)21-4/h6-7,9-10,15,18H,5,8H2,1-4H3. The van der Waals surface area contributed by atoms with Crippen LogP contribution in [0, 0.1) is 6.92 Å². The van der Waals surface area contributed by atoms with Gasteiger partial charge in [-0.25, -0.2) is 0 Å². The van der Waals surface area contributed by atoms with Gasteiger partial charge in [-0.1, -0.05) is 19.1 Å². The van der Waals surface area contributed by atoms with E-state index in [1.807, 2.05) is 17.9 Å². The Morgan fingerprint density at radius 1 is 1.43 bits per heavy atom. The third kappa shape index (κ3) is 3.47. The van der Waals surface area contributed by atoms with E-state index in [4.69, 9.17) is 4.74 Å². The molecule has 1 aromatic heterocycles. The first-order valence-corrected chi connectivity index (χ1v) is 7.93. The van der Waals surface area contributed by atoms with Crippen molar-refractivity contribution in [2.75, 3.05) is 13.7 Å². The van der Waals surface area contributed by atoms with Crippen LogP contribution >= 0.6 is 15.9 Å². The Balaban J connectivity index is 2.45. The molecule has 0 bridgehead atoms. The van der Waals surface area contributed by atoms with Crippen LogP contribution < -0.4 is 10.1 Å². The predicted molar refractivity (Wildman–Crippen MR) is 88.8 cm³/mol. The van der Waals surface area contributed by atoms with E-state index in [0.29, 0.717) is 0 Å². The molecular formula is C16H22BrN3O. The van der Waals surface area contributed by atoms with Crippen LogP contribution in [0.2, 0.25) is 0 Å². The third-order valence-electron chi connectivity index (χ3n) is 3.57. The molecular weight excluding hydrogens is 330 g/mol. The van der Waals surface area contributed by atoms with Crippen LogP contribution in [0.3, 0.4) is 0 Å². The van der Waals surface area contributed by atoms with Crippen molar-refractivity contribution in [1.82, 2.24) is 15.1 Å². The lowest BCUT2D eigenvalue weighted by atomic mass is 10.0. The highest BCUT2D eigenvalue weighted by Crippen LogP contribution is 2.31. The van der Waals surface area contributed by atoms with E-state index in [2.05, 4.69) is 58.4 Å². The smallest absolute Gasteiger partial charge is 0.122 e. The van der Waals surface area contributed by atoms with Crippen molar-refractivity contribution in [3.63, 3.8) is 0 Å². The lowest BCUT2D eigenvalue weighted by Crippen LogP contribution is -2.25. The number of hydrogen-bond acceptors (Lipinski definition) is 3. The Labute approximate surface area is 134 Å². The van der Waals surface area contributed by atoms with Crippen molar-refractivity contribution in [2.45, 2.75) is 26.3 Å². The largest absolute Gasteiger partial charge is 0.496 e. The van der Waals surface area contributed by atoms with Crippen LogP contribution in [0.5, 0.6) is 5.75 Å². The third-order valence-corrected chi connectivity index (χ3v) is 4.19. The minimum Gasteiger partial charge on any atom is -0.496 e. The maximum Gasteiger partial charge on any atom is 0.122 e. The van der Waals surface area contributed by atoms with E-state index in [-0.39, 0.29) is 6.04 Å². The highest BCUT2D eigenvalue weighted by molar-refractivity contribution is 9.10. The van der Waals surface area contributed by atoms with Gasteiger partial charge in [-0.05, 0) is 53.0 Å². The van der Waals surface area contributed by atoms with E-state index in [9.17, 15) is 0 Å². The molecule has 1 heterocycles. The van der Waals surface area contributed by atoms with E-state index < -0.39 is 0 Å². The van der Waals surface area contributed by atoms with Crippen LogP contribution in [0.15, 0.2) is 28.9 Å². The number of ether oxygens (including phenoxy) is 1. The molecule has 5 heteroatoms. The zero-order valence-corrected chi connectivity index (χ0v) is 14.6. The zero-order valence-electron chi connectivity index (χ0n) is 13.0. The number of aryl methyl sites for hydroxylation is 2. The molecule has 114 valence electrons. The molecule has 0 radical (unpaired) electrons. The maximum atomic E-state index is 5.46. The van der Waals surface area contributed by atoms with Crippen molar-refractivity contribution in [3.8, 4) is 5.75 Å². The molecule has 21 heavy (non-hydrogen) atoms. The first-order chi connectivity index (χ1) is 10.1. The first kappa shape index (κ1) is 16.0. The van der Waals surface area contributed by atoms with Crippen molar-refractivity contribution in [2.24, 2.45) is 7.05 Å². The Bertz CT molecular complexity index is 590. The van der Waals surface area contributed by atoms with Crippen molar-refractivity contribution in [1.29, 1.82) is 0 Å². The average molecular weight is 352 g/mol. The van der Waals surface area contributed by atoms with Crippen molar-refractivity contribution < 1.29 is 4.74 Å². The average Bonchev–Trinajstić information content (AvgIpc) is 2.81. The molecule has 1 aromatic carbocycles. The summed E-state index contributed by atoms with van der Waals surface area (Å²) in [4.78, 5) is 0. The summed E-state index contributed by atoms with van der Waals surface area (Å²) in [6, 6.07) is 6.42. The van der Waals surface area contributed by atoms with Crippen LogP contribution in [-0.4, -0.2) is 23.4 Å². The number of nitrogens with one attached hydrogen (secondary N) is 1. The number of hydrogen-bond donors (Lipinski definition) is 1. The second-order valence-electron chi connectivity index (χ2n) is 5.12. The maximum absolute atomic E-state index is 5.46. The number of benzene rings is 1. The normalized spacial score (nSPS) is 12.4. The molecule has 1 N–H and O–H groups in total. The van der Waals surface area contributed by atoms with Gasteiger partial charge in [0.05, 0.1) is 29.5 Å². The van der Waals surface area contributed by atoms with Gasteiger partial charge in [-0.2, -0.15) is 5.10 Å². The van der Waals surface area contributed by atoms with Gasteiger partial charge < -0.3 is 10.1 Å². The molecule has 0 aliphatic heterocycles. The Morgan fingerprint density at radius 2 is 2.19 bits per heavy atom. The molecule has 0 spiro atoms. The summed E-state index contributed by atoms with van der Waals surface area (Å²) in [6.45, 7) is 5.16. The summed E-state index contributed by atoms with van der Waals surface area (Å²) in [7, 11) is 3.67. The minimum atomic E-state index is 0.0846. The van der Waals surface area contributed by atoms with Gasteiger partial charge in [0.1, 0.15) is 5.75 Å². The Morgan fingerprint density at radius 3 is 2.76 bits per heavy atom. The summed E-state index contributed by atoms with van der Waals surface area (Å²) in [6.07, 6.45) is 2.91. The second-order valence-corrected chi connectivity index (χ2v) is 5.97. The highest BCUT2D eigenvalue weighted by Gasteiger charge is 2.21. The van der Waals surface area contributed by atoms with Crippen LogP contribution in [0.25, 0.3) is 0 Å². The summed E-state index contributed by atoms with van der Waals surface area (Å²) in [5.41, 5.74) is 3.43. The molecule has 1 unspecified atom stereocenters. The molecule has 0 saturated heterocycles. The lowest BCUT2D eigenvalue weighted by molar-refractivity contribution is 0.410. The Hall–Kier alpha value is -1.33. The molecule has 4 nitrogen and oxygen atoms in total. The molecule has 0 aliphatic carbocycles. The number of rotatable bonds is 6. The van der Waals surface area contributed by atoms with E-state index in [0.717, 1.165) is 34.4 Å². The summed E-state index contributed by atoms with van der Waals surface area (Å²) < 4.78 is 8.37. The topological polar surface area (TPSA) is 39.1 Å². The zero-order chi connectivity index (χ0) is 15.4. The number of halogens is 1. The lowest BCUT2D eigenvalue weighted by Gasteiger charge is -2.21. The van der Waals surface area contributed by atoms with Gasteiger partial charge in [0.2, 0.25) is 0 Å². The van der Waals surface area contributed by atoms with E-state index >= 15 is 0 Å². The quantitative estimate of drug-likeness (QED) is 0.864. The van der Waals surface area contributed by atoms with Gasteiger partial charge in [0.15, 0.2) is 0 Å². The number of nitrogens with zero attached hydrogens (tertiary/aromatic N) is 2. The van der Waals surface area contributed by atoms with E-state index in [1.54, 1.807) is 7.11 Å². The molecule has 0 saturated carbocycles. The fraction of sp³-hybridized carbons (Fsp3) is 0.438. The summed E-state index contributed by atoms with van der Waals surface area (Å²) in [5.74, 6) is 0.911. The fourth-order valence-corrected chi connectivity index (χ4v) is 3.00. The van der Waals surface area contributed by atoms with Gasteiger partial charge in [-0.15, -0.1) is 0 Å². The fourth-order valence-electron chi connectivity index (χ4n) is 2.42. The second kappa shape index (κ2) is 7.09. The van der Waals surface area contributed by atoms with Gasteiger partial charge >= 0.3 is 0 Å². The minimum absolute atomic E-state index is 0.0846. The van der Waals surface area contributed by atoms with E-state index in [1.165, 1.54) is 5.56 Å². The van der Waals surface area contributed by atoms with Crippen molar-refractivity contribution in [3.05, 3.63) is 45.7 Å². The van der Waals surface area contributed by atoms with Crippen LogP contribution in [0.1, 0.15) is 36.2 Å². The summed E-state index contributed by atoms with van der Waals surface area (Å²) >= 11 is 3.60. The molecule has 0 fully saturated rings. The highest BCUT2D eigenvalue weighted by atomic mass is 79.9. The van der Waals surface area contributed by atoms with Crippen molar-refractivity contribution >= 4 is 15.9 Å². The first-order valence-electron chi connectivity index (χ1n) is 7.13. The molecule has 2 rings (SSSR count). The molecule has 0 amide bonds. The van der Waals surface area contributed by atoms with Crippen LogP contribution in [-0.2, 0) is 7.05 Å². The Kier molecular flexibility index (Phi) is 5.42. The monoisotopic (exact) mass is 351 g/mol. The molecule has 1 atom stereocenters. The van der Waals surface area contributed by atoms with Crippen LogP contribution in [0.4, 0.5) is 0 Å². The van der Waals surface area contributed by atoms with Gasteiger partial charge in [0.25, 0.3) is 0 Å². The van der Waals surface area contributed by atoms with Gasteiger partial charge in [-0.3, -0.25) is 4.68 Å². The summed E-state index contributed by atoms with van der Waals surface area (Å²) in [5, 5.41) is 7.92. The SMILES string of the molecule is CCCNC(c1ccc(C)c(OC)c1)c1c(Br)cnn1C. The van der Waals surface area contributed by atoms with Gasteiger partial charge in [0, 0.05) is 7.05 Å². The predicted octanol–water partition coefficient (Wildman–Crippen LogP) is 3.59. The molecule has 0 aliphatic rings.